The molecule has 40 valence electrons. The van der Waals surface area contributed by atoms with E-state index in [2.05, 4.69) is 0 Å². The summed E-state index contributed by atoms with van der Waals surface area (Å²) in [6, 6.07) is 0. The first-order valence-corrected chi connectivity index (χ1v) is 2.16. The van der Waals surface area contributed by atoms with Gasteiger partial charge in [0.25, 0.3) is 0 Å². The van der Waals surface area contributed by atoms with Crippen LogP contribution in [0.3, 0.4) is 0 Å². The predicted octanol–water partition coefficient (Wildman–Crippen LogP) is 1.18. The highest BCUT2D eigenvalue weighted by Gasteiger charge is 2.09. The smallest absolute Gasteiger partial charge is 0.296 e. The molecule has 0 heterocycles. The molecule has 0 aromatic carbocycles. The molecule has 0 amide bonds. The van der Waals surface area contributed by atoms with Crippen molar-refractivity contribution in [2.24, 2.45) is 0 Å². The fraction of sp³-hybridized carbons (Fsp3) is 0. The Morgan fingerprint density at radius 1 is 1.50 bits per heavy atom. The first kappa shape index (κ1) is 9.36. The summed E-state index contributed by atoms with van der Waals surface area (Å²) in [6.07, 6.45) is 0. The van der Waals surface area contributed by atoms with Crippen LogP contribution in [0, 0.1) is 0 Å². The first-order valence-electron chi connectivity index (χ1n) is 0.721. The van der Waals surface area contributed by atoms with E-state index < -0.39 is 7.99 Å². The van der Waals surface area contributed by atoms with E-state index in [9.17, 15) is 8.39 Å². The molecule has 0 saturated heterocycles. The second-order valence-electron chi connectivity index (χ2n) is 0.435. The van der Waals surface area contributed by atoms with E-state index in [0.29, 0.717) is 0 Å². The molecule has 1 N–H and O–H groups in total. The molecule has 0 aliphatic carbocycles. The largest absolute Gasteiger partial charge is 0.549 e. The van der Waals surface area contributed by atoms with Gasteiger partial charge >= 0.3 is 7.99 Å². The lowest BCUT2D eigenvalue weighted by molar-refractivity contribution is 0.376. The van der Waals surface area contributed by atoms with E-state index in [1.54, 1.807) is 0 Å². The highest BCUT2D eigenvalue weighted by Crippen LogP contribution is 2.43. The molecule has 6 heavy (non-hydrogen) atoms. The molecular formula is H2F3O2P. The monoisotopic (exact) mass is 122 g/mol. The van der Waals surface area contributed by atoms with Crippen LogP contribution in [0.5, 0.6) is 0 Å². The van der Waals surface area contributed by atoms with Crippen LogP contribution in [0.25, 0.3) is 0 Å². The molecule has 0 spiro atoms. The van der Waals surface area contributed by atoms with Crippen molar-refractivity contribution in [3.63, 3.8) is 0 Å². The third kappa shape index (κ3) is 88400. The molecule has 0 rings (SSSR count). The lowest BCUT2D eigenvalue weighted by Crippen LogP contribution is -1.45. The Hall–Kier alpha value is -0.0200. The molecule has 0 radical (unpaired) electrons. The lowest BCUT2D eigenvalue weighted by Gasteiger charge is -1.73. The van der Waals surface area contributed by atoms with Crippen LogP contribution in [0.15, 0.2) is 0 Å². The maximum atomic E-state index is 10.1. The summed E-state index contributed by atoms with van der Waals surface area (Å²) in [4.78, 5) is 6.74. The zero-order valence-electron chi connectivity index (χ0n) is 2.47. The zero-order valence-corrected chi connectivity index (χ0v) is 3.36. The lowest BCUT2D eigenvalue weighted by atomic mass is 15.9. The van der Waals surface area contributed by atoms with Crippen molar-refractivity contribution in [3.05, 3.63) is 0 Å². The van der Waals surface area contributed by atoms with Crippen LogP contribution in [-0.4, -0.2) is 4.89 Å². The van der Waals surface area contributed by atoms with Gasteiger partial charge in [0.15, 0.2) is 0 Å². The van der Waals surface area contributed by atoms with E-state index >= 15 is 0 Å². The van der Waals surface area contributed by atoms with E-state index in [-0.39, 0.29) is 4.70 Å². The quantitative estimate of drug-likeness (QED) is 0.489. The molecule has 2 nitrogen and oxygen atoms in total. The molecule has 0 bridgehead atoms. The van der Waals surface area contributed by atoms with E-state index in [0.717, 1.165) is 0 Å². The topological polar surface area (TPSA) is 37.3 Å². The summed E-state index contributed by atoms with van der Waals surface area (Å²) < 4.78 is 28.7. The fourth-order valence-corrected chi connectivity index (χ4v) is 0. The van der Waals surface area contributed by atoms with Gasteiger partial charge in [0.05, 0.1) is 0 Å². The number of halogens is 3. The van der Waals surface area contributed by atoms with Crippen LogP contribution in [0.4, 0.5) is 13.1 Å². The summed E-state index contributed by atoms with van der Waals surface area (Å²) in [7, 11) is -5.64. The Labute approximate surface area is 31.8 Å². The maximum absolute atomic E-state index is 10.1. The summed E-state index contributed by atoms with van der Waals surface area (Å²) in [5, 5.41) is 0. The molecule has 0 unspecified atom stereocenters. The second-order valence-corrected chi connectivity index (χ2v) is 1.30. The van der Waals surface area contributed by atoms with Gasteiger partial charge in [0.1, 0.15) is 0 Å². The van der Waals surface area contributed by atoms with Crippen molar-refractivity contribution >= 4 is 7.99 Å². The Morgan fingerprint density at radius 3 is 1.50 bits per heavy atom. The van der Waals surface area contributed by atoms with E-state index in [4.69, 9.17) is 9.46 Å². The highest BCUT2D eigenvalue weighted by molar-refractivity contribution is 7.46. The molecular weight excluding hydrogens is 120 g/mol. The summed E-state index contributed by atoms with van der Waals surface area (Å²) in [5.74, 6) is 0. The second kappa shape index (κ2) is 2.21. The highest BCUT2D eigenvalue weighted by atomic mass is 31.2. The third-order valence-electron chi connectivity index (χ3n) is 0. The van der Waals surface area contributed by atoms with Gasteiger partial charge in [-0.05, 0) is 0 Å². The van der Waals surface area contributed by atoms with Crippen LogP contribution in [0.2, 0.25) is 0 Å². The summed E-state index contributed by atoms with van der Waals surface area (Å²) >= 11 is 0. The van der Waals surface area contributed by atoms with Crippen LogP contribution in [0.1, 0.15) is 0 Å². The number of hydrogen-bond donors (Lipinski definition) is 1. The van der Waals surface area contributed by atoms with Crippen molar-refractivity contribution in [2.45, 2.75) is 0 Å². The molecule has 0 aliphatic heterocycles. The molecule has 0 aliphatic rings. The molecule has 0 aromatic heterocycles. The van der Waals surface area contributed by atoms with E-state index in [1.807, 2.05) is 0 Å². The number of hydrogen-bond acceptors (Lipinski definition) is 1. The fourth-order valence-electron chi connectivity index (χ4n) is 0. The van der Waals surface area contributed by atoms with Crippen LogP contribution in [-0.2, 0) is 4.57 Å². The van der Waals surface area contributed by atoms with Crippen LogP contribution >= 0.6 is 7.99 Å². The Morgan fingerprint density at radius 2 is 1.50 bits per heavy atom. The van der Waals surface area contributed by atoms with Gasteiger partial charge in [0, 0.05) is 0 Å². The molecule has 0 fully saturated rings. The first-order chi connectivity index (χ1) is 2.00. The van der Waals surface area contributed by atoms with Gasteiger partial charge < -0.3 is 0 Å². The van der Waals surface area contributed by atoms with Gasteiger partial charge in [-0.1, -0.05) is 0 Å². The average Bonchev–Trinajstić information content (AvgIpc) is 0.722. The van der Waals surface area contributed by atoms with Crippen molar-refractivity contribution < 1.29 is 22.6 Å². The zero-order chi connectivity index (χ0) is 4.50. The maximum Gasteiger partial charge on any atom is 0.549 e. The Kier molecular flexibility index (Phi) is 3.44. The SMILES string of the molecule is F.O=P(O)(F)F. The van der Waals surface area contributed by atoms with Crippen molar-refractivity contribution in [2.75, 3.05) is 0 Å². The third-order valence-corrected chi connectivity index (χ3v) is 0. The average molecular weight is 122 g/mol. The van der Waals surface area contributed by atoms with Crippen LogP contribution < -0.4 is 0 Å². The molecule has 6 heteroatoms. The molecule has 0 saturated carbocycles. The Balaban J connectivity index is 0. The van der Waals surface area contributed by atoms with Gasteiger partial charge in [-0.2, -0.15) is 0 Å². The standard InChI is InChI=1S/F2HO2P.FH/c1-5(2,3)4;/h(H,3,4);1H. The summed E-state index contributed by atoms with van der Waals surface area (Å²) in [5.41, 5.74) is 0. The number of rotatable bonds is 0. The Bertz CT molecular complexity index is 54.9. The normalized spacial score (nSPS) is 9.83. The van der Waals surface area contributed by atoms with Gasteiger partial charge in [-0.25, -0.2) is 4.57 Å². The van der Waals surface area contributed by atoms with Crippen molar-refractivity contribution in [3.8, 4) is 0 Å². The minimum atomic E-state index is -5.64. The van der Waals surface area contributed by atoms with Gasteiger partial charge in [-0.15, -0.1) is 8.39 Å². The molecule has 0 atom stereocenters. The minimum absolute atomic E-state index is 0. The molecule has 0 aromatic rings. The van der Waals surface area contributed by atoms with Gasteiger partial charge in [-0.3, -0.25) is 9.60 Å². The van der Waals surface area contributed by atoms with E-state index in [1.165, 1.54) is 0 Å². The predicted molar refractivity (Wildman–Crippen MR) is 14.5 cm³/mol. The van der Waals surface area contributed by atoms with Crippen molar-refractivity contribution in [1.29, 1.82) is 0 Å². The van der Waals surface area contributed by atoms with Crippen molar-refractivity contribution in [1.82, 2.24) is 0 Å². The van der Waals surface area contributed by atoms with Gasteiger partial charge in [0.2, 0.25) is 0 Å². The minimum Gasteiger partial charge on any atom is -0.296 e. The summed E-state index contributed by atoms with van der Waals surface area (Å²) in [6.45, 7) is 0.